The molecule has 0 saturated carbocycles. The molecule has 0 aliphatic carbocycles. The van der Waals surface area contributed by atoms with Gasteiger partial charge in [0.05, 0.1) is 18.1 Å². The first-order valence-electron chi connectivity index (χ1n) is 11.2. The average molecular weight is 470 g/mol. The van der Waals surface area contributed by atoms with Crippen LogP contribution in [0.4, 0.5) is 11.4 Å². The molecule has 8 heteroatoms. The fourth-order valence-electron chi connectivity index (χ4n) is 4.89. The SMILES string of the molecule is CCOC(=O)c1ccc(NC(=O)C2CC(CC(C)C)N[C@@]23C(=O)Nc2ccc(Cl)cc23)cc1. The number of rotatable bonds is 6. The number of hydrogen-bond acceptors (Lipinski definition) is 5. The van der Waals surface area contributed by atoms with Crippen LogP contribution in [0.15, 0.2) is 42.5 Å². The maximum Gasteiger partial charge on any atom is 0.338 e. The van der Waals surface area contributed by atoms with E-state index in [1.54, 1.807) is 49.4 Å². The molecule has 2 heterocycles. The number of halogens is 1. The van der Waals surface area contributed by atoms with Crippen molar-refractivity contribution in [3.05, 3.63) is 58.6 Å². The molecule has 3 N–H and O–H groups in total. The zero-order chi connectivity index (χ0) is 23.8. The van der Waals surface area contributed by atoms with E-state index in [4.69, 9.17) is 16.3 Å². The monoisotopic (exact) mass is 469 g/mol. The topological polar surface area (TPSA) is 96.5 Å². The highest BCUT2D eigenvalue weighted by molar-refractivity contribution is 6.31. The number of carbonyl (C=O) groups is 3. The van der Waals surface area contributed by atoms with Gasteiger partial charge in [-0.15, -0.1) is 0 Å². The standard InChI is InChI=1S/C25H28ClN3O4/c1-4-33-23(31)15-5-8-17(9-6-15)27-22(30)20-13-18(11-14(2)3)29-25(20)19-12-16(26)7-10-21(19)28-24(25)32/h5-10,12,14,18,20,29H,4,11,13H2,1-3H3,(H,27,30)(H,28,32)/t18?,20?,25-/m1/s1. The Morgan fingerprint density at radius 3 is 2.61 bits per heavy atom. The minimum atomic E-state index is -1.19. The van der Waals surface area contributed by atoms with Gasteiger partial charge in [0.15, 0.2) is 0 Å². The van der Waals surface area contributed by atoms with Crippen LogP contribution < -0.4 is 16.0 Å². The second kappa shape index (κ2) is 9.15. The smallest absolute Gasteiger partial charge is 0.338 e. The molecule has 2 amide bonds. The van der Waals surface area contributed by atoms with Crippen LogP contribution >= 0.6 is 11.6 Å². The van der Waals surface area contributed by atoms with Crippen LogP contribution in [-0.2, 0) is 19.9 Å². The summed E-state index contributed by atoms with van der Waals surface area (Å²) >= 11 is 6.27. The van der Waals surface area contributed by atoms with Gasteiger partial charge in [-0.25, -0.2) is 4.79 Å². The Morgan fingerprint density at radius 2 is 1.94 bits per heavy atom. The molecule has 2 aliphatic heterocycles. The Balaban J connectivity index is 1.63. The van der Waals surface area contributed by atoms with Crippen molar-refractivity contribution in [3.63, 3.8) is 0 Å². The van der Waals surface area contributed by atoms with Gasteiger partial charge in [0.25, 0.3) is 0 Å². The Labute approximate surface area is 198 Å². The summed E-state index contributed by atoms with van der Waals surface area (Å²) in [6.07, 6.45) is 1.35. The van der Waals surface area contributed by atoms with Gasteiger partial charge in [-0.1, -0.05) is 25.4 Å². The fraction of sp³-hybridized carbons (Fsp3) is 0.400. The molecule has 2 aliphatic rings. The summed E-state index contributed by atoms with van der Waals surface area (Å²) in [7, 11) is 0. The molecule has 2 aromatic carbocycles. The summed E-state index contributed by atoms with van der Waals surface area (Å²) in [6.45, 7) is 6.27. The lowest BCUT2D eigenvalue weighted by Crippen LogP contribution is -2.52. The summed E-state index contributed by atoms with van der Waals surface area (Å²) < 4.78 is 5.00. The van der Waals surface area contributed by atoms with E-state index >= 15 is 0 Å². The van der Waals surface area contributed by atoms with E-state index in [0.29, 0.717) is 46.5 Å². The molecular formula is C25H28ClN3O4. The number of ether oxygens (including phenoxy) is 1. The zero-order valence-corrected chi connectivity index (χ0v) is 19.7. The number of esters is 1. The summed E-state index contributed by atoms with van der Waals surface area (Å²) in [4.78, 5) is 38.7. The molecule has 174 valence electrons. The molecule has 2 aromatic rings. The summed E-state index contributed by atoms with van der Waals surface area (Å²) in [5.41, 5.74) is 1.13. The lowest BCUT2D eigenvalue weighted by atomic mass is 9.79. The van der Waals surface area contributed by atoms with Crippen molar-refractivity contribution in [3.8, 4) is 0 Å². The van der Waals surface area contributed by atoms with Crippen LogP contribution in [0.3, 0.4) is 0 Å². The van der Waals surface area contributed by atoms with Gasteiger partial charge in [-0.05, 0) is 68.1 Å². The molecule has 0 aromatic heterocycles. The first-order valence-corrected chi connectivity index (χ1v) is 11.6. The molecule has 1 saturated heterocycles. The Morgan fingerprint density at radius 1 is 1.21 bits per heavy atom. The van der Waals surface area contributed by atoms with Gasteiger partial charge < -0.3 is 15.4 Å². The minimum absolute atomic E-state index is 0.00243. The molecule has 3 atom stereocenters. The van der Waals surface area contributed by atoms with Crippen LogP contribution in [0.25, 0.3) is 0 Å². The van der Waals surface area contributed by atoms with Crippen molar-refractivity contribution in [2.75, 3.05) is 17.2 Å². The van der Waals surface area contributed by atoms with Crippen molar-refractivity contribution < 1.29 is 19.1 Å². The summed E-state index contributed by atoms with van der Waals surface area (Å²) in [5, 5.41) is 9.85. The highest BCUT2D eigenvalue weighted by atomic mass is 35.5. The molecule has 1 fully saturated rings. The number of carbonyl (C=O) groups excluding carboxylic acids is 3. The summed E-state index contributed by atoms with van der Waals surface area (Å²) in [5.74, 6) is -1.16. The molecule has 7 nitrogen and oxygen atoms in total. The third-order valence-corrected chi connectivity index (χ3v) is 6.46. The van der Waals surface area contributed by atoms with Crippen molar-refractivity contribution in [2.24, 2.45) is 11.8 Å². The van der Waals surface area contributed by atoms with Crippen LogP contribution in [0.2, 0.25) is 5.02 Å². The van der Waals surface area contributed by atoms with E-state index in [1.165, 1.54) is 0 Å². The number of nitrogens with one attached hydrogen (secondary N) is 3. The third-order valence-electron chi connectivity index (χ3n) is 6.22. The van der Waals surface area contributed by atoms with Crippen LogP contribution in [0, 0.1) is 11.8 Å². The maximum atomic E-state index is 13.5. The number of fused-ring (bicyclic) bond motifs is 2. The second-order valence-corrected chi connectivity index (χ2v) is 9.43. The Hall–Kier alpha value is -2.90. The van der Waals surface area contributed by atoms with Crippen molar-refractivity contribution in [1.82, 2.24) is 5.32 Å². The van der Waals surface area contributed by atoms with E-state index in [-0.39, 0.29) is 17.9 Å². The molecule has 2 unspecified atom stereocenters. The van der Waals surface area contributed by atoms with Gasteiger partial charge in [-0.2, -0.15) is 0 Å². The van der Waals surface area contributed by atoms with Crippen LogP contribution in [-0.4, -0.2) is 30.4 Å². The second-order valence-electron chi connectivity index (χ2n) is 9.00. The largest absolute Gasteiger partial charge is 0.462 e. The first kappa shape index (κ1) is 23.3. The zero-order valence-electron chi connectivity index (χ0n) is 18.9. The van der Waals surface area contributed by atoms with Crippen molar-refractivity contribution in [2.45, 2.75) is 45.2 Å². The Bertz CT molecular complexity index is 1090. The highest BCUT2D eigenvalue weighted by Crippen LogP contribution is 2.48. The third kappa shape index (κ3) is 4.35. The average Bonchev–Trinajstić information content (AvgIpc) is 3.27. The van der Waals surface area contributed by atoms with Gasteiger partial charge in [0.1, 0.15) is 5.54 Å². The van der Waals surface area contributed by atoms with Gasteiger partial charge in [0.2, 0.25) is 11.8 Å². The molecule has 0 bridgehead atoms. The lowest BCUT2D eigenvalue weighted by Gasteiger charge is -2.29. The molecule has 1 spiro atoms. The number of hydrogen-bond donors (Lipinski definition) is 3. The first-order chi connectivity index (χ1) is 15.7. The van der Waals surface area contributed by atoms with Crippen LogP contribution in [0.1, 0.15) is 49.5 Å². The fourth-order valence-corrected chi connectivity index (χ4v) is 5.06. The van der Waals surface area contributed by atoms with E-state index in [1.807, 2.05) is 0 Å². The predicted molar refractivity (Wildman–Crippen MR) is 127 cm³/mol. The summed E-state index contributed by atoms with van der Waals surface area (Å²) in [6, 6.07) is 11.8. The molecule has 4 rings (SSSR count). The molecule has 33 heavy (non-hydrogen) atoms. The lowest BCUT2D eigenvalue weighted by molar-refractivity contribution is -0.130. The number of amides is 2. The number of anilines is 2. The Kier molecular flexibility index (Phi) is 6.45. The van der Waals surface area contributed by atoms with E-state index in [2.05, 4.69) is 29.8 Å². The van der Waals surface area contributed by atoms with Gasteiger partial charge in [-0.3, -0.25) is 14.9 Å². The number of benzene rings is 2. The van der Waals surface area contributed by atoms with Crippen molar-refractivity contribution in [1.29, 1.82) is 0 Å². The predicted octanol–water partition coefficient (Wildman–Crippen LogP) is 4.33. The maximum absolute atomic E-state index is 13.5. The minimum Gasteiger partial charge on any atom is -0.462 e. The molecular weight excluding hydrogens is 442 g/mol. The van der Waals surface area contributed by atoms with E-state index in [9.17, 15) is 14.4 Å². The van der Waals surface area contributed by atoms with Gasteiger partial charge in [0, 0.05) is 28.0 Å². The van der Waals surface area contributed by atoms with E-state index < -0.39 is 17.4 Å². The van der Waals surface area contributed by atoms with Crippen molar-refractivity contribution >= 4 is 40.8 Å². The quantitative estimate of drug-likeness (QED) is 0.547. The highest BCUT2D eigenvalue weighted by Gasteiger charge is 2.60. The van der Waals surface area contributed by atoms with E-state index in [0.717, 1.165) is 6.42 Å². The van der Waals surface area contributed by atoms with Crippen LogP contribution in [0.5, 0.6) is 0 Å². The molecule has 0 radical (unpaired) electrons. The van der Waals surface area contributed by atoms with Gasteiger partial charge >= 0.3 is 5.97 Å². The normalized spacial score (nSPS) is 23.5.